The van der Waals surface area contributed by atoms with Crippen molar-refractivity contribution in [3.8, 4) is 16.9 Å². The molecule has 0 radical (unpaired) electrons. The molecular weight excluding hydrogens is 318 g/mol. The number of para-hydroxylation sites is 1. The molecule has 1 heterocycles. The summed E-state index contributed by atoms with van der Waals surface area (Å²) in [6, 6.07) is 13.4. The van der Waals surface area contributed by atoms with Crippen molar-refractivity contribution in [2.24, 2.45) is 0 Å². The van der Waals surface area contributed by atoms with Crippen molar-refractivity contribution in [3.63, 3.8) is 0 Å². The van der Waals surface area contributed by atoms with E-state index in [0.717, 1.165) is 11.1 Å². The number of rotatable bonds is 1. The maximum Gasteiger partial charge on any atom is 1.00 e. The predicted molar refractivity (Wildman–Crippen MR) is 88.9 cm³/mol. The summed E-state index contributed by atoms with van der Waals surface area (Å²) in [5.41, 5.74) is 2.90. The van der Waals surface area contributed by atoms with Gasteiger partial charge in [0.15, 0.2) is 0 Å². The van der Waals surface area contributed by atoms with Gasteiger partial charge in [0.25, 0.3) is 0 Å². The van der Waals surface area contributed by atoms with Gasteiger partial charge >= 0.3 is 37.2 Å². The maximum atomic E-state index is 12.6. The average Bonchev–Trinajstić information content (AvgIpc) is 2.55. The van der Waals surface area contributed by atoms with Crippen molar-refractivity contribution in [2.45, 2.75) is 38.0 Å². The van der Waals surface area contributed by atoms with Crippen LogP contribution in [0.3, 0.4) is 0 Å². The van der Waals surface area contributed by atoms with Gasteiger partial charge in [0, 0.05) is 11.1 Å². The van der Waals surface area contributed by atoms with Crippen molar-refractivity contribution in [3.05, 3.63) is 48.0 Å². The molecule has 4 rings (SSSR count). The summed E-state index contributed by atoms with van der Waals surface area (Å²) in [5, 5.41) is 0.453. The molecule has 1 fully saturated rings. The van der Waals surface area contributed by atoms with Crippen molar-refractivity contribution < 1.29 is 45.0 Å². The smallest absolute Gasteiger partial charge is 1.00 e. The largest absolute Gasteiger partial charge is 1.00 e. The summed E-state index contributed by atoms with van der Waals surface area (Å²) in [6.07, 6.45) is 6.14. The molecular formula is C18H20NaO3P. The molecule has 5 heteroatoms. The molecule has 2 aromatic carbocycles. The number of hydrogen-bond donors (Lipinski definition) is 1. The summed E-state index contributed by atoms with van der Waals surface area (Å²) in [6.45, 7) is 0. The Bertz CT molecular complexity index is 775. The second-order valence-corrected chi connectivity index (χ2v) is 7.92. The van der Waals surface area contributed by atoms with Gasteiger partial charge in [-0.1, -0.05) is 49.6 Å². The van der Waals surface area contributed by atoms with Crippen LogP contribution in [0.1, 0.15) is 45.0 Å². The molecule has 1 aliphatic carbocycles. The minimum atomic E-state index is -3.79. The van der Waals surface area contributed by atoms with E-state index in [1.807, 2.05) is 30.3 Å². The summed E-state index contributed by atoms with van der Waals surface area (Å²) in [7, 11) is -3.79. The van der Waals surface area contributed by atoms with Gasteiger partial charge in [0.05, 0.1) is 5.30 Å². The van der Waals surface area contributed by atoms with Gasteiger partial charge in [-0.3, -0.25) is 0 Å². The Labute approximate surface area is 160 Å². The van der Waals surface area contributed by atoms with Gasteiger partial charge in [-0.15, -0.1) is 0 Å². The summed E-state index contributed by atoms with van der Waals surface area (Å²) in [5.74, 6) is 1.00. The Morgan fingerprint density at radius 1 is 1.04 bits per heavy atom. The van der Waals surface area contributed by atoms with Crippen LogP contribution >= 0.6 is 7.60 Å². The van der Waals surface area contributed by atoms with Crippen LogP contribution in [-0.2, 0) is 4.57 Å². The minimum absolute atomic E-state index is 0. The molecule has 0 amide bonds. The molecule has 3 nitrogen and oxygen atoms in total. The van der Waals surface area contributed by atoms with Crippen LogP contribution in [0.25, 0.3) is 11.1 Å². The zero-order valence-electron chi connectivity index (χ0n) is 14.4. The van der Waals surface area contributed by atoms with Gasteiger partial charge in [-0.05, 0) is 36.5 Å². The fraction of sp³-hybridized carbons (Fsp3) is 0.333. The van der Waals surface area contributed by atoms with Crippen molar-refractivity contribution >= 4 is 12.9 Å². The molecule has 2 aliphatic rings. The Hall–Kier alpha value is -0.570. The van der Waals surface area contributed by atoms with Crippen LogP contribution in [0.15, 0.2) is 42.5 Å². The third kappa shape index (κ3) is 3.18. The van der Waals surface area contributed by atoms with Crippen LogP contribution < -0.4 is 39.4 Å². The number of hydrogen-bond acceptors (Lipinski definition) is 2. The third-order valence-corrected chi connectivity index (χ3v) is 6.23. The van der Waals surface area contributed by atoms with Crippen LogP contribution in [0.4, 0.5) is 0 Å². The fourth-order valence-electron chi connectivity index (χ4n) is 3.65. The predicted octanol–water partition coefficient (Wildman–Crippen LogP) is 1.72. The molecule has 116 valence electrons. The molecule has 0 bridgehead atoms. The van der Waals surface area contributed by atoms with Crippen LogP contribution in [0, 0.1) is 0 Å². The van der Waals surface area contributed by atoms with Crippen molar-refractivity contribution in [1.29, 1.82) is 0 Å². The first-order chi connectivity index (χ1) is 10.6. The van der Waals surface area contributed by atoms with Gasteiger partial charge in [0.2, 0.25) is 0 Å². The molecule has 1 N–H and O–H groups in total. The van der Waals surface area contributed by atoms with Crippen LogP contribution in [0.5, 0.6) is 5.75 Å². The third-order valence-electron chi connectivity index (χ3n) is 4.80. The topological polar surface area (TPSA) is 46.5 Å². The fourth-order valence-corrected chi connectivity index (χ4v) is 4.99. The van der Waals surface area contributed by atoms with E-state index in [-0.39, 0.29) is 31.0 Å². The van der Waals surface area contributed by atoms with E-state index in [2.05, 4.69) is 6.07 Å². The van der Waals surface area contributed by atoms with Crippen molar-refractivity contribution in [1.82, 2.24) is 0 Å². The van der Waals surface area contributed by atoms with E-state index < -0.39 is 7.60 Å². The molecule has 2 aromatic rings. The van der Waals surface area contributed by atoms with Gasteiger partial charge in [-0.25, -0.2) is 4.57 Å². The molecule has 1 unspecified atom stereocenters. The normalized spacial score (nSPS) is 23.2. The molecule has 0 aromatic heterocycles. The Balaban J connectivity index is 0.00000104. The summed E-state index contributed by atoms with van der Waals surface area (Å²) in [4.78, 5) is 10.3. The zero-order chi connectivity index (χ0) is 15.2. The summed E-state index contributed by atoms with van der Waals surface area (Å²) >= 11 is 0. The van der Waals surface area contributed by atoms with E-state index in [1.54, 1.807) is 6.07 Å². The van der Waals surface area contributed by atoms with Crippen LogP contribution in [-0.4, -0.2) is 4.89 Å². The quantitative estimate of drug-likeness (QED) is 0.636. The first kappa shape index (κ1) is 17.3. The molecule has 1 atom stereocenters. The van der Waals surface area contributed by atoms with E-state index in [0.29, 0.717) is 17.0 Å². The van der Waals surface area contributed by atoms with Gasteiger partial charge < -0.3 is 10.8 Å². The molecule has 0 saturated heterocycles. The van der Waals surface area contributed by atoms with E-state index >= 15 is 0 Å². The maximum absolute atomic E-state index is 12.6. The molecule has 0 spiro atoms. The number of benzene rings is 2. The molecule has 1 aliphatic heterocycles. The van der Waals surface area contributed by atoms with E-state index in [1.165, 1.54) is 37.7 Å². The first-order valence-electron chi connectivity index (χ1n) is 7.91. The average molecular weight is 338 g/mol. The second kappa shape index (κ2) is 6.74. The Morgan fingerprint density at radius 3 is 2.57 bits per heavy atom. The van der Waals surface area contributed by atoms with Gasteiger partial charge in [-0.2, -0.15) is 0 Å². The Morgan fingerprint density at radius 2 is 1.78 bits per heavy atom. The monoisotopic (exact) mass is 338 g/mol. The van der Waals surface area contributed by atoms with Crippen molar-refractivity contribution in [2.75, 3.05) is 0 Å². The van der Waals surface area contributed by atoms with E-state index in [9.17, 15) is 9.46 Å². The molecule has 1 saturated carbocycles. The first-order valence-corrected chi connectivity index (χ1v) is 9.49. The summed E-state index contributed by atoms with van der Waals surface area (Å²) < 4.78 is 18.0. The molecule has 23 heavy (non-hydrogen) atoms. The second-order valence-electron chi connectivity index (χ2n) is 6.22. The SMILES string of the molecule is O=P1(O)Oc2ccccc2-c2ccc(C3CCCCC3)cc21.[H-].[Na+]. The van der Waals surface area contributed by atoms with Gasteiger partial charge in [0.1, 0.15) is 5.75 Å². The minimum Gasteiger partial charge on any atom is -1.00 e. The standard InChI is InChI=1S/C18H19O3P.Na.H/c19-22(20)18-12-14(13-6-2-1-3-7-13)10-11-16(18)15-8-4-5-9-17(15)21-22;;/h4-5,8-13H,1-3,6-7H2,(H,19,20);;/q;+1;-1. The van der Waals surface area contributed by atoms with Crippen LogP contribution in [0.2, 0.25) is 0 Å². The van der Waals surface area contributed by atoms with E-state index in [4.69, 9.17) is 4.52 Å². The Kier molecular flexibility index (Phi) is 5.06. The number of fused-ring (bicyclic) bond motifs is 3. The zero-order valence-corrected chi connectivity index (χ0v) is 16.3.